The van der Waals surface area contributed by atoms with Gasteiger partial charge in [0.15, 0.2) is 0 Å². The third-order valence-corrected chi connectivity index (χ3v) is 4.19. The van der Waals surface area contributed by atoms with Crippen LogP contribution in [0.4, 0.5) is 11.6 Å². The van der Waals surface area contributed by atoms with E-state index in [1.807, 2.05) is 43.0 Å². The van der Waals surface area contributed by atoms with E-state index in [9.17, 15) is 4.79 Å². The molecule has 1 aliphatic heterocycles. The van der Waals surface area contributed by atoms with E-state index in [0.29, 0.717) is 11.5 Å². The number of carbonyl (C=O) groups is 1. The van der Waals surface area contributed by atoms with Crippen molar-refractivity contribution >= 4 is 17.5 Å². The van der Waals surface area contributed by atoms with Gasteiger partial charge in [-0.2, -0.15) is 0 Å². The molecule has 0 unspecified atom stereocenters. The average Bonchev–Trinajstić information content (AvgIpc) is 2.64. The molecule has 1 aliphatic rings. The van der Waals surface area contributed by atoms with Crippen molar-refractivity contribution in [3.8, 4) is 5.75 Å². The van der Waals surface area contributed by atoms with Crippen molar-refractivity contribution in [1.82, 2.24) is 19.8 Å². The van der Waals surface area contributed by atoms with Crippen molar-refractivity contribution in [2.75, 3.05) is 38.5 Å². The highest BCUT2D eigenvalue weighted by atomic mass is 16.5. The molecule has 1 amide bonds. The predicted molar refractivity (Wildman–Crippen MR) is 101 cm³/mol. The second kappa shape index (κ2) is 8.14. The highest BCUT2D eigenvalue weighted by Gasteiger charge is 2.21. The van der Waals surface area contributed by atoms with Gasteiger partial charge in [0.2, 0.25) is 5.95 Å². The van der Waals surface area contributed by atoms with E-state index < -0.39 is 0 Å². The molecule has 0 saturated carbocycles. The first kappa shape index (κ1) is 18.1. The second-order valence-corrected chi connectivity index (χ2v) is 6.68. The molecule has 0 atom stereocenters. The lowest BCUT2D eigenvalue weighted by atomic mass is 10.2. The number of likely N-dealkylation sites (N-methyl/N-ethyl adjacent to an activating group) is 1. The quantitative estimate of drug-likeness (QED) is 0.888. The highest BCUT2D eigenvalue weighted by Crippen LogP contribution is 2.26. The van der Waals surface area contributed by atoms with Gasteiger partial charge in [-0.3, -0.25) is 4.79 Å². The summed E-state index contributed by atoms with van der Waals surface area (Å²) >= 11 is 0. The van der Waals surface area contributed by atoms with Crippen LogP contribution in [0.1, 0.15) is 24.2 Å². The number of hydrogen-bond acceptors (Lipinski definition) is 6. The van der Waals surface area contributed by atoms with Crippen molar-refractivity contribution in [3.05, 3.63) is 42.2 Å². The Morgan fingerprint density at radius 3 is 2.42 bits per heavy atom. The molecule has 0 radical (unpaired) electrons. The van der Waals surface area contributed by atoms with Crippen LogP contribution >= 0.6 is 0 Å². The number of aromatic nitrogens is 2. The summed E-state index contributed by atoms with van der Waals surface area (Å²) < 4.78 is 5.78. The van der Waals surface area contributed by atoms with Gasteiger partial charge in [-0.1, -0.05) is 12.1 Å². The van der Waals surface area contributed by atoms with Gasteiger partial charge in [0, 0.05) is 38.6 Å². The number of para-hydroxylation sites is 2. The van der Waals surface area contributed by atoms with Gasteiger partial charge in [-0.05, 0) is 33.0 Å². The Hall–Kier alpha value is -2.67. The Bertz CT molecular complexity index is 740. The fraction of sp³-hybridized carbons (Fsp3) is 0.421. The van der Waals surface area contributed by atoms with Gasteiger partial charge in [0.25, 0.3) is 5.91 Å². The van der Waals surface area contributed by atoms with Crippen molar-refractivity contribution in [3.63, 3.8) is 0 Å². The fourth-order valence-corrected chi connectivity index (χ4v) is 2.74. The van der Waals surface area contributed by atoms with Crippen molar-refractivity contribution in [1.29, 1.82) is 0 Å². The van der Waals surface area contributed by atoms with E-state index in [2.05, 4.69) is 27.2 Å². The smallest absolute Gasteiger partial charge is 0.257 e. The van der Waals surface area contributed by atoms with Crippen LogP contribution in [0.5, 0.6) is 5.75 Å². The van der Waals surface area contributed by atoms with Gasteiger partial charge in [-0.15, -0.1) is 0 Å². The topological polar surface area (TPSA) is 70.6 Å². The van der Waals surface area contributed by atoms with Gasteiger partial charge in [-0.25, -0.2) is 9.97 Å². The van der Waals surface area contributed by atoms with Crippen molar-refractivity contribution < 1.29 is 9.53 Å². The first-order valence-electron chi connectivity index (χ1n) is 8.85. The molecular formula is C19H25N5O2. The summed E-state index contributed by atoms with van der Waals surface area (Å²) in [6, 6.07) is 7.64. The Balaban J connectivity index is 1.68. The third kappa shape index (κ3) is 4.49. The van der Waals surface area contributed by atoms with Gasteiger partial charge in [0.05, 0.1) is 17.4 Å². The molecule has 2 heterocycles. The average molecular weight is 355 g/mol. The number of rotatable bonds is 5. The molecule has 1 fully saturated rings. The molecule has 7 heteroatoms. The monoisotopic (exact) mass is 355 g/mol. The molecule has 0 aliphatic carbocycles. The predicted octanol–water partition coefficient (Wildman–Crippen LogP) is 2.40. The van der Waals surface area contributed by atoms with E-state index in [1.54, 1.807) is 12.4 Å². The first-order valence-corrected chi connectivity index (χ1v) is 8.85. The summed E-state index contributed by atoms with van der Waals surface area (Å²) in [6.45, 7) is 7.19. The Morgan fingerprint density at radius 1 is 1.12 bits per heavy atom. The zero-order valence-electron chi connectivity index (χ0n) is 15.5. The van der Waals surface area contributed by atoms with E-state index in [0.717, 1.165) is 37.6 Å². The van der Waals surface area contributed by atoms with Crippen LogP contribution in [0.15, 0.2) is 36.7 Å². The summed E-state index contributed by atoms with van der Waals surface area (Å²) in [5.74, 6) is 1.15. The number of piperazine rings is 1. The Kier molecular flexibility index (Phi) is 5.68. The lowest BCUT2D eigenvalue weighted by Crippen LogP contribution is -2.47. The maximum Gasteiger partial charge on any atom is 0.257 e. The van der Waals surface area contributed by atoms with Crippen molar-refractivity contribution in [2.45, 2.75) is 20.0 Å². The van der Waals surface area contributed by atoms with Crippen LogP contribution in [-0.2, 0) is 0 Å². The standard InChI is InChI=1S/C19H25N5O2/c1-14(2)26-17-7-5-4-6-16(17)22-19-20-12-15(13-21-19)18(25)24-10-8-23(3)9-11-24/h4-7,12-14H,8-11H2,1-3H3,(H,20,21,22). The molecule has 2 aromatic rings. The molecule has 1 aromatic heterocycles. The highest BCUT2D eigenvalue weighted by molar-refractivity contribution is 5.93. The number of carbonyl (C=O) groups excluding carboxylic acids is 1. The van der Waals surface area contributed by atoms with Crippen molar-refractivity contribution in [2.24, 2.45) is 0 Å². The minimum Gasteiger partial charge on any atom is -0.489 e. The number of hydrogen-bond donors (Lipinski definition) is 1. The zero-order chi connectivity index (χ0) is 18.5. The van der Waals surface area contributed by atoms with Crippen LogP contribution < -0.4 is 10.1 Å². The summed E-state index contributed by atoms with van der Waals surface area (Å²) in [5, 5.41) is 3.15. The largest absolute Gasteiger partial charge is 0.489 e. The molecule has 0 spiro atoms. The van der Waals surface area contributed by atoms with Crippen LogP contribution in [0, 0.1) is 0 Å². The van der Waals surface area contributed by atoms with Gasteiger partial charge >= 0.3 is 0 Å². The van der Waals surface area contributed by atoms with Gasteiger partial charge in [0.1, 0.15) is 5.75 Å². The summed E-state index contributed by atoms with van der Waals surface area (Å²) in [4.78, 5) is 25.2. The summed E-state index contributed by atoms with van der Waals surface area (Å²) in [7, 11) is 2.06. The number of ether oxygens (including phenoxy) is 1. The molecule has 0 bridgehead atoms. The van der Waals surface area contributed by atoms with E-state index in [4.69, 9.17) is 4.74 Å². The van der Waals surface area contributed by atoms with E-state index in [-0.39, 0.29) is 12.0 Å². The SMILES string of the molecule is CC(C)Oc1ccccc1Nc1ncc(C(=O)N2CCN(C)CC2)cn1. The molecule has 7 nitrogen and oxygen atoms in total. The normalized spacial score (nSPS) is 15.2. The second-order valence-electron chi connectivity index (χ2n) is 6.68. The number of nitrogens with zero attached hydrogens (tertiary/aromatic N) is 4. The third-order valence-electron chi connectivity index (χ3n) is 4.19. The molecule has 1 aromatic carbocycles. The minimum atomic E-state index is -0.0202. The first-order chi connectivity index (χ1) is 12.5. The van der Waals surface area contributed by atoms with Crippen LogP contribution in [0.3, 0.4) is 0 Å². The van der Waals surface area contributed by atoms with Crippen LogP contribution in [0.2, 0.25) is 0 Å². The lowest BCUT2D eigenvalue weighted by molar-refractivity contribution is 0.0663. The number of amides is 1. The van der Waals surface area contributed by atoms with Gasteiger partial charge < -0.3 is 19.9 Å². The van der Waals surface area contributed by atoms with Crippen LogP contribution in [-0.4, -0.2) is 65.0 Å². The number of anilines is 2. The zero-order valence-corrected chi connectivity index (χ0v) is 15.5. The lowest BCUT2D eigenvalue weighted by Gasteiger charge is -2.32. The molecule has 3 rings (SSSR count). The summed E-state index contributed by atoms with van der Waals surface area (Å²) in [5.41, 5.74) is 1.30. The number of benzene rings is 1. The summed E-state index contributed by atoms with van der Waals surface area (Å²) in [6.07, 6.45) is 3.21. The molecule has 26 heavy (non-hydrogen) atoms. The molecule has 138 valence electrons. The minimum absolute atomic E-state index is 0.0202. The van der Waals surface area contributed by atoms with E-state index in [1.165, 1.54) is 0 Å². The Morgan fingerprint density at radius 2 is 1.77 bits per heavy atom. The molecule has 1 saturated heterocycles. The maximum absolute atomic E-state index is 12.5. The molecule has 1 N–H and O–H groups in total. The number of nitrogens with one attached hydrogen (secondary N) is 1. The Labute approximate surface area is 154 Å². The van der Waals surface area contributed by atoms with E-state index >= 15 is 0 Å². The molecular weight excluding hydrogens is 330 g/mol. The van der Waals surface area contributed by atoms with Crippen LogP contribution in [0.25, 0.3) is 0 Å². The maximum atomic E-state index is 12.5. The fourth-order valence-electron chi connectivity index (χ4n) is 2.74.